The van der Waals surface area contributed by atoms with Crippen molar-refractivity contribution in [1.82, 2.24) is 10.6 Å². The number of imide groups is 1. The van der Waals surface area contributed by atoms with E-state index < -0.39 is 24.5 Å². The Morgan fingerprint density at radius 3 is 2.31 bits per heavy atom. The van der Waals surface area contributed by atoms with Crippen molar-refractivity contribution < 1.29 is 19.5 Å². The van der Waals surface area contributed by atoms with E-state index in [2.05, 4.69) is 0 Å². The number of carbonyl (C=O) groups excluding carboxylic acids is 2. The summed E-state index contributed by atoms with van der Waals surface area (Å²) in [7, 11) is 0. The third kappa shape index (κ3) is 3.79. The highest BCUT2D eigenvalue weighted by Crippen LogP contribution is 1.97. The number of hydrogen-bond donors (Lipinski definition) is 3. The maximum atomic E-state index is 11.4. The summed E-state index contributed by atoms with van der Waals surface area (Å²) in [6, 6.07) is 7.30. The number of amides is 3. The Kier molecular flexibility index (Phi) is 4.02. The van der Waals surface area contributed by atoms with Crippen molar-refractivity contribution in [2.75, 3.05) is 6.54 Å². The standard InChI is InChI=1S/C10H10N2O4/c13-8(14)6-11-10(16)12-9(15)7-4-2-1-3-5-7/h1-5H,6H2,(H,13,14)(H2,11,12,15,16). The van der Waals surface area contributed by atoms with E-state index in [1.54, 1.807) is 30.3 Å². The zero-order chi connectivity index (χ0) is 12.0. The minimum atomic E-state index is -1.18. The van der Waals surface area contributed by atoms with Gasteiger partial charge in [0.05, 0.1) is 0 Å². The van der Waals surface area contributed by atoms with Crippen molar-refractivity contribution in [3.8, 4) is 0 Å². The summed E-state index contributed by atoms with van der Waals surface area (Å²) < 4.78 is 0. The molecule has 6 nitrogen and oxygen atoms in total. The fourth-order valence-electron chi connectivity index (χ4n) is 0.965. The van der Waals surface area contributed by atoms with Gasteiger partial charge in [0.1, 0.15) is 6.54 Å². The molecule has 0 saturated carbocycles. The number of carbonyl (C=O) groups is 3. The maximum Gasteiger partial charge on any atom is 0.323 e. The van der Waals surface area contributed by atoms with Crippen LogP contribution in [0.5, 0.6) is 0 Å². The first-order valence-corrected chi connectivity index (χ1v) is 4.45. The Morgan fingerprint density at radius 2 is 1.75 bits per heavy atom. The molecular weight excluding hydrogens is 212 g/mol. The number of urea groups is 1. The molecule has 0 fully saturated rings. The molecule has 6 heteroatoms. The molecule has 84 valence electrons. The van der Waals surface area contributed by atoms with Crippen LogP contribution in [-0.4, -0.2) is 29.6 Å². The van der Waals surface area contributed by atoms with Gasteiger partial charge < -0.3 is 10.4 Å². The lowest BCUT2D eigenvalue weighted by molar-refractivity contribution is -0.135. The summed E-state index contributed by atoms with van der Waals surface area (Å²) in [6.45, 7) is -0.534. The van der Waals surface area contributed by atoms with Gasteiger partial charge in [-0.15, -0.1) is 0 Å². The van der Waals surface area contributed by atoms with E-state index in [9.17, 15) is 14.4 Å². The third-order valence-electron chi connectivity index (χ3n) is 1.66. The largest absolute Gasteiger partial charge is 0.480 e. The molecule has 0 aliphatic rings. The predicted octanol–water partition coefficient (Wildman–Crippen LogP) is 0.211. The van der Waals surface area contributed by atoms with E-state index >= 15 is 0 Å². The van der Waals surface area contributed by atoms with Gasteiger partial charge in [-0.25, -0.2) is 4.79 Å². The van der Waals surface area contributed by atoms with E-state index in [0.29, 0.717) is 5.56 Å². The highest BCUT2D eigenvalue weighted by molar-refractivity contribution is 6.04. The van der Waals surface area contributed by atoms with Crippen molar-refractivity contribution in [2.24, 2.45) is 0 Å². The molecule has 16 heavy (non-hydrogen) atoms. The molecular formula is C10H10N2O4. The Labute approximate surface area is 91.3 Å². The number of hydrogen-bond acceptors (Lipinski definition) is 3. The van der Waals surface area contributed by atoms with Crippen molar-refractivity contribution in [3.63, 3.8) is 0 Å². The normalized spacial score (nSPS) is 9.25. The Hall–Kier alpha value is -2.37. The van der Waals surface area contributed by atoms with Gasteiger partial charge >= 0.3 is 12.0 Å². The first-order valence-electron chi connectivity index (χ1n) is 4.45. The second kappa shape index (κ2) is 5.50. The molecule has 0 aromatic heterocycles. The molecule has 0 radical (unpaired) electrons. The average Bonchev–Trinajstić information content (AvgIpc) is 2.27. The number of carboxylic acid groups (broad SMARTS) is 1. The summed E-state index contributed by atoms with van der Waals surface area (Å²) in [5, 5.41) is 12.3. The lowest BCUT2D eigenvalue weighted by atomic mass is 10.2. The van der Waals surface area contributed by atoms with Crippen LogP contribution >= 0.6 is 0 Å². The van der Waals surface area contributed by atoms with Gasteiger partial charge in [-0.05, 0) is 12.1 Å². The van der Waals surface area contributed by atoms with Crippen molar-refractivity contribution in [3.05, 3.63) is 35.9 Å². The van der Waals surface area contributed by atoms with Crippen LogP contribution in [-0.2, 0) is 4.79 Å². The molecule has 0 spiro atoms. The minimum Gasteiger partial charge on any atom is -0.480 e. The zero-order valence-corrected chi connectivity index (χ0v) is 8.27. The van der Waals surface area contributed by atoms with Gasteiger partial charge in [-0.1, -0.05) is 18.2 Å². The van der Waals surface area contributed by atoms with Crippen LogP contribution in [0.2, 0.25) is 0 Å². The van der Waals surface area contributed by atoms with Crippen LogP contribution in [0.4, 0.5) is 4.79 Å². The van der Waals surface area contributed by atoms with E-state index in [-0.39, 0.29) is 0 Å². The molecule has 0 unspecified atom stereocenters. The highest BCUT2D eigenvalue weighted by atomic mass is 16.4. The molecule has 0 saturated heterocycles. The summed E-state index contributed by atoms with van der Waals surface area (Å²) in [5.41, 5.74) is 0.327. The van der Waals surface area contributed by atoms with E-state index in [0.717, 1.165) is 0 Å². The van der Waals surface area contributed by atoms with Crippen molar-refractivity contribution >= 4 is 17.9 Å². The van der Waals surface area contributed by atoms with Gasteiger partial charge in [0.2, 0.25) is 0 Å². The summed E-state index contributed by atoms with van der Waals surface area (Å²) in [4.78, 5) is 32.5. The van der Waals surface area contributed by atoms with Crippen LogP contribution < -0.4 is 10.6 Å². The SMILES string of the molecule is O=C(O)CNC(=O)NC(=O)c1ccccc1. The summed E-state index contributed by atoms with van der Waals surface area (Å²) >= 11 is 0. The number of nitrogens with one attached hydrogen (secondary N) is 2. The first-order chi connectivity index (χ1) is 7.59. The van der Waals surface area contributed by atoms with E-state index in [1.165, 1.54) is 0 Å². The summed E-state index contributed by atoms with van der Waals surface area (Å²) in [5.74, 6) is -1.76. The molecule has 0 aliphatic heterocycles. The van der Waals surface area contributed by atoms with Crippen LogP contribution in [0.3, 0.4) is 0 Å². The molecule has 0 aliphatic carbocycles. The van der Waals surface area contributed by atoms with Crippen molar-refractivity contribution in [1.29, 1.82) is 0 Å². The fraction of sp³-hybridized carbons (Fsp3) is 0.100. The van der Waals surface area contributed by atoms with Crippen LogP contribution in [0.1, 0.15) is 10.4 Å². The zero-order valence-electron chi connectivity index (χ0n) is 8.27. The van der Waals surface area contributed by atoms with Crippen LogP contribution in [0.25, 0.3) is 0 Å². The minimum absolute atomic E-state index is 0.327. The molecule has 3 amide bonds. The predicted molar refractivity (Wildman–Crippen MR) is 54.9 cm³/mol. The first kappa shape index (κ1) is 11.7. The van der Waals surface area contributed by atoms with Gasteiger partial charge in [0.25, 0.3) is 5.91 Å². The Bertz CT molecular complexity index is 403. The second-order valence-corrected chi connectivity index (χ2v) is 2.90. The molecule has 1 aromatic carbocycles. The quantitative estimate of drug-likeness (QED) is 0.681. The summed E-state index contributed by atoms with van der Waals surface area (Å²) in [6.07, 6.45) is 0. The molecule has 1 aromatic rings. The van der Waals surface area contributed by atoms with E-state index in [4.69, 9.17) is 5.11 Å². The Balaban J connectivity index is 2.46. The second-order valence-electron chi connectivity index (χ2n) is 2.90. The fourth-order valence-corrected chi connectivity index (χ4v) is 0.965. The number of rotatable bonds is 3. The van der Waals surface area contributed by atoms with Gasteiger partial charge in [0, 0.05) is 5.56 Å². The lowest BCUT2D eigenvalue weighted by Gasteiger charge is -2.04. The van der Waals surface area contributed by atoms with Gasteiger partial charge in [0.15, 0.2) is 0 Å². The van der Waals surface area contributed by atoms with Gasteiger partial charge in [-0.2, -0.15) is 0 Å². The highest BCUT2D eigenvalue weighted by Gasteiger charge is 2.09. The van der Waals surface area contributed by atoms with Crippen LogP contribution in [0.15, 0.2) is 30.3 Å². The lowest BCUT2D eigenvalue weighted by Crippen LogP contribution is -2.41. The number of benzene rings is 1. The monoisotopic (exact) mass is 222 g/mol. The van der Waals surface area contributed by atoms with Crippen molar-refractivity contribution in [2.45, 2.75) is 0 Å². The van der Waals surface area contributed by atoms with Crippen LogP contribution in [0, 0.1) is 0 Å². The molecule has 0 atom stereocenters. The average molecular weight is 222 g/mol. The van der Waals surface area contributed by atoms with Gasteiger partial charge in [-0.3, -0.25) is 14.9 Å². The molecule has 3 N–H and O–H groups in total. The maximum absolute atomic E-state index is 11.4. The third-order valence-corrected chi connectivity index (χ3v) is 1.66. The van der Waals surface area contributed by atoms with E-state index in [1.807, 2.05) is 10.6 Å². The smallest absolute Gasteiger partial charge is 0.323 e. The topological polar surface area (TPSA) is 95.5 Å². The molecule has 1 rings (SSSR count). The number of carboxylic acids is 1. The molecule has 0 heterocycles. The molecule has 0 bridgehead atoms. The Morgan fingerprint density at radius 1 is 1.12 bits per heavy atom. The number of aliphatic carboxylic acids is 1.